The largest absolute Gasteiger partial charge is 0.508 e. The van der Waals surface area contributed by atoms with Crippen LogP contribution in [0.5, 0.6) is 5.75 Å². The van der Waals surface area contributed by atoms with E-state index in [0.717, 1.165) is 13.8 Å². The number of guanidine groups is 1. The predicted molar refractivity (Wildman–Crippen MR) is 421 cm³/mol. The van der Waals surface area contributed by atoms with Gasteiger partial charge in [0.25, 0.3) is 0 Å². The van der Waals surface area contributed by atoms with Crippen LogP contribution < -0.4 is 81.0 Å². The molecule has 1 aromatic heterocycles. The van der Waals surface area contributed by atoms with Gasteiger partial charge in [-0.2, -0.15) is 25.3 Å². The first-order valence-corrected chi connectivity index (χ1v) is 37.5. The quantitative estimate of drug-likeness (QED) is 0.00791. The molecule has 0 fully saturated rings. The molecule has 604 valence electrons. The van der Waals surface area contributed by atoms with Gasteiger partial charge in [-0.15, -0.1) is 0 Å². The molecule has 36 heteroatoms. The number of aromatic hydroxyl groups is 1. The number of thiol groups is 2. The molecule has 0 aliphatic rings. The zero-order valence-corrected chi connectivity index (χ0v) is 63.6. The highest BCUT2D eigenvalue weighted by atomic mass is 32.1. The number of fused-ring (bicyclic) bond motifs is 1. The van der Waals surface area contributed by atoms with E-state index >= 15 is 19.2 Å². The standard InChI is InChI=1S/C76H101N17O17S2/c1-42(95)62(73(107)89-58(35-46-21-10-5-11-22-46)71(105)93-63(43(2)96)74(108)90-60(39-94)72(106)91-61(41-112)75(109)110)92-66(100)53(25-14-15-31-77)84-70(104)59(37-48-38-82-52-24-13-12-23-50(48)52)88-69(103)56(34-45-19-8-4-9-20-45)87-67(101)55(33-44-17-6-3-7-18-44)86-68(102)57(36-47-27-29-49(97)30-28-47)85-65(99)54(26-16-32-81-76(79)80)83-64(98)51(78)40-111/h3-13,17-24,27-30,38,42-43,51,53-63,82,94-97,111-112H,14-16,25-26,31-37,39-41,77-78H2,1-2H3,(H,83,98)(H,84,104)(H,85,99)(H,86,102)(H,87,101)(H,88,103)(H,89,107)(H,90,108)(H,91,106)(H,92,100)(H,93,105)(H,109,110)(H4,79,80,81)/t42?,43?,51-,53-,54+,55-,56-,57+,58-,59+,60-,61-,62-,63-/m0/s1. The summed E-state index contributed by atoms with van der Waals surface area (Å²) in [5, 5.41) is 90.8. The predicted octanol–water partition coefficient (Wildman–Crippen LogP) is -2.86. The van der Waals surface area contributed by atoms with Crippen LogP contribution in [0.2, 0.25) is 0 Å². The van der Waals surface area contributed by atoms with Crippen molar-refractivity contribution in [1.29, 1.82) is 5.41 Å². The topological polar surface area (TPSA) is 568 Å². The monoisotopic (exact) mass is 1590 g/mol. The Balaban J connectivity index is 1.31. The van der Waals surface area contributed by atoms with Crippen LogP contribution in [0.1, 0.15) is 73.8 Å². The summed E-state index contributed by atoms with van der Waals surface area (Å²) in [5.41, 5.74) is 20.5. The van der Waals surface area contributed by atoms with Crippen molar-refractivity contribution in [3.05, 3.63) is 174 Å². The third-order valence-corrected chi connectivity index (χ3v) is 18.7. The molecular weight excluding hydrogens is 1490 g/mol. The first-order valence-electron chi connectivity index (χ1n) is 36.3. The van der Waals surface area contributed by atoms with E-state index in [9.17, 15) is 63.9 Å². The number of nitrogens with two attached hydrogens (primary N) is 3. The maximum Gasteiger partial charge on any atom is 0.327 e. The van der Waals surface area contributed by atoms with Gasteiger partial charge in [0, 0.05) is 67.3 Å². The van der Waals surface area contributed by atoms with Crippen molar-refractivity contribution >= 4 is 113 Å². The molecule has 0 bridgehead atoms. The van der Waals surface area contributed by atoms with Crippen LogP contribution in [-0.2, 0) is 89.6 Å². The van der Waals surface area contributed by atoms with Gasteiger partial charge in [-0.1, -0.05) is 121 Å². The molecule has 11 amide bonds. The van der Waals surface area contributed by atoms with E-state index in [4.69, 9.17) is 22.6 Å². The Labute approximate surface area is 657 Å². The number of carboxylic acids is 1. The number of carboxylic acid groups (broad SMARTS) is 1. The highest BCUT2D eigenvalue weighted by Gasteiger charge is 2.39. The van der Waals surface area contributed by atoms with Gasteiger partial charge in [-0.05, 0) is 98.5 Å². The molecule has 1 heterocycles. The molecule has 5 aromatic carbocycles. The van der Waals surface area contributed by atoms with Crippen LogP contribution in [0.15, 0.2) is 146 Å². The van der Waals surface area contributed by atoms with Crippen LogP contribution >= 0.6 is 25.3 Å². The fraction of sp³-hybridized carbons (Fsp3) is 0.408. The van der Waals surface area contributed by atoms with Gasteiger partial charge in [-0.25, -0.2) is 4.79 Å². The number of hydrogen-bond acceptors (Lipinski definition) is 21. The van der Waals surface area contributed by atoms with E-state index < -0.39 is 162 Å². The lowest BCUT2D eigenvalue weighted by atomic mass is 9.99. The van der Waals surface area contributed by atoms with Crippen molar-refractivity contribution in [2.24, 2.45) is 17.2 Å². The summed E-state index contributed by atoms with van der Waals surface area (Å²) < 4.78 is 0. The van der Waals surface area contributed by atoms with Crippen molar-refractivity contribution in [2.75, 3.05) is 31.2 Å². The Morgan fingerprint density at radius 2 is 0.795 bits per heavy atom. The summed E-state index contributed by atoms with van der Waals surface area (Å²) in [4.78, 5) is 174. The third-order valence-electron chi connectivity index (χ3n) is 18.0. The Kier molecular flexibility index (Phi) is 36.8. The number of hydrogen-bond donors (Lipinski definition) is 24. The lowest BCUT2D eigenvalue weighted by Gasteiger charge is -2.29. The second-order valence-electron chi connectivity index (χ2n) is 26.8. The number of aromatic amines is 1. The highest BCUT2D eigenvalue weighted by Crippen LogP contribution is 2.21. The molecule has 0 aliphatic carbocycles. The van der Waals surface area contributed by atoms with Crippen LogP contribution in [-0.4, -0.2) is 223 Å². The lowest BCUT2D eigenvalue weighted by molar-refractivity contribution is -0.142. The molecule has 0 saturated carbocycles. The molecule has 6 rings (SSSR count). The third kappa shape index (κ3) is 28.9. The number of H-pyrrole nitrogens is 1. The van der Waals surface area contributed by atoms with Crippen LogP contribution in [0.3, 0.4) is 0 Å². The summed E-state index contributed by atoms with van der Waals surface area (Å²) in [6.07, 6.45) is -2.46. The molecule has 112 heavy (non-hydrogen) atoms. The van der Waals surface area contributed by atoms with E-state index in [1.807, 2.05) is 0 Å². The number of amides is 11. The minimum Gasteiger partial charge on any atom is -0.508 e. The van der Waals surface area contributed by atoms with Gasteiger partial charge in [0.05, 0.1) is 24.9 Å². The van der Waals surface area contributed by atoms with Gasteiger partial charge in [0.1, 0.15) is 72.2 Å². The van der Waals surface area contributed by atoms with Crippen LogP contribution in [0.25, 0.3) is 10.9 Å². The summed E-state index contributed by atoms with van der Waals surface area (Å²) in [6, 6.07) is 19.2. The number of phenols is 1. The van der Waals surface area contributed by atoms with Gasteiger partial charge in [0.2, 0.25) is 65.0 Å². The first-order chi connectivity index (χ1) is 53.5. The molecular formula is C76H101N17O17S2. The normalized spacial score (nSPS) is 14.9. The van der Waals surface area contributed by atoms with Crippen molar-refractivity contribution in [3.63, 3.8) is 0 Å². The average molecular weight is 1590 g/mol. The van der Waals surface area contributed by atoms with Gasteiger partial charge in [0.15, 0.2) is 5.96 Å². The number of rotatable bonds is 46. The van der Waals surface area contributed by atoms with Gasteiger partial charge in [-0.3, -0.25) is 58.1 Å². The van der Waals surface area contributed by atoms with E-state index in [1.165, 1.54) is 24.3 Å². The second-order valence-corrected chi connectivity index (χ2v) is 27.5. The number of aliphatic carboxylic acids is 1. The summed E-state index contributed by atoms with van der Waals surface area (Å²) in [7, 11) is 0. The molecule has 2 unspecified atom stereocenters. The minimum atomic E-state index is -1.89. The van der Waals surface area contributed by atoms with Crippen molar-refractivity contribution < 1.29 is 83.1 Å². The molecule has 0 radical (unpaired) electrons. The average Bonchev–Trinajstić information content (AvgIpc) is 1.66. The summed E-state index contributed by atoms with van der Waals surface area (Å²) >= 11 is 8.02. The number of aromatic nitrogens is 1. The van der Waals surface area contributed by atoms with Crippen LogP contribution in [0, 0.1) is 5.41 Å². The Bertz CT molecular complexity index is 4130. The fourth-order valence-corrected chi connectivity index (χ4v) is 12.2. The summed E-state index contributed by atoms with van der Waals surface area (Å²) in [6.45, 7) is 1.49. The first kappa shape index (κ1) is 89.7. The van der Waals surface area contributed by atoms with E-state index in [-0.39, 0.29) is 94.1 Å². The smallest absolute Gasteiger partial charge is 0.327 e. The van der Waals surface area contributed by atoms with E-state index in [2.05, 4.69) is 94.0 Å². The SMILES string of the molecule is CC(O)[C@H](NC(=O)[C@H](Cc1ccccc1)NC(=O)[C@@H](NC(=O)[C@H](CCCCN)NC(=O)[C@@H](Cc1c[nH]c2ccccc12)NC(=O)[C@H](Cc1ccccc1)NC(=O)[C@H](Cc1ccccc1)NC(=O)[C@@H](Cc1ccc(O)cc1)NC(=O)[C@@H](CCCNC(=N)N)NC(=O)[C@@H](N)CS)C(C)O)C(=O)N[C@@H](CO)C(=O)N[C@@H](CS)C(=O)O. The Morgan fingerprint density at radius 3 is 1.21 bits per heavy atom. The number of aliphatic hydroxyl groups is 3. The molecule has 0 aliphatic heterocycles. The highest BCUT2D eigenvalue weighted by molar-refractivity contribution is 7.80. The Morgan fingerprint density at radius 1 is 0.438 bits per heavy atom. The zero-order chi connectivity index (χ0) is 82.0. The fourth-order valence-electron chi connectivity index (χ4n) is 11.8. The molecule has 0 saturated heterocycles. The van der Waals surface area contributed by atoms with Crippen LogP contribution in [0.4, 0.5) is 0 Å². The van der Waals surface area contributed by atoms with E-state index in [1.54, 1.807) is 121 Å². The number of unbranched alkanes of at least 4 members (excludes halogenated alkanes) is 1. The maximum absolute atomic E-state index is 15.4. The van der Waals surface area contributed by atoms with Gasteiger partial charge < -0.3 is 112 Å². The maximum atomic E-state index is 15.4. The number of benzene rings is 5. The molecule has 0 spiro atoms. The van der Waals surface area contributed by atoms with Crippen molar-refractivity contribution in [2.45, 2.75) is 163 Å². The number of aliphatic hydroxyl groups excluding tert-OH is 3. The number of carbonyl (C=O) groups is 12. The lowest BCUT2D eigenvalue weighted by Crippen LogP contribution is -2.63. The minimum absolute atomic E-state index is 0.0282. The zero-order valence-electron chi connectivity index (χ0n) is 61.8. The number of phenolic OH excluding ortho intramolecular Hbond substituents is 1. The Hall–Kier alpha value is -11.1. The number of carbonyl (C=O) groups excluding carboxylic acids is 11. The second kappa shape index (κ2) is 45.9. The van der Waals surface area contributed by atoms with Crippen molar-refractivity contribution in [1.82, 2.24) is 68.8 Å². The molecule has 25 N–H and O–H groups in total. The van der Waals surface area contributed by atoms with E-state index in [0.29, 0.717) is 45.1 Å². The number of para-hydroxylation sites is 1. The number of nitrogens with one attached hydrogen (secondary N) is 14. The summed E-state index contributed by atoms with van der Waals surface area (Å²) in [5.74, 6) is -13.2. The van der Waals surface area contributed by atoms with Crippen molar-refractivity contribution in [3.8, 4) is 5.75 Å². The molecule has 14 atom stereocenters. The van der Waals surface area contributed by atoms with Gasteiger partial charge >= 0.3 is 5.97 Å². The molecule has 6 aromatic rings. The molecule has 34 nitrogen and oxygen atoms in total.